The van der Waals surface area contributed by atoms with Gasteiger partial charge < -0.3 is 20.3 Å². The fourth-order valence-corrected chi connectivity index (χ4v) is 2.28. The summed E-state index contributed by atoms with van der Waals surface area (Å²) in [6.07, 6.45) is 0. The third kappa shape index (κ3) is 3.32. The number of aromatic nitrogens is 2. The predicted molar refractivity (Wildman–Crippen MR) is 88.4 cm³/mol. The molecule has 0 atom stereocenters. The van der Waals surface area contributed by atoms with Crippen molar-refractivity contribution >= 4 is 16.9 Å². The highest BCUT2D eigenvalue weighted by atomic mass is 16.5. The summed E-state index contributed by atoms with van der Waals surface area (Å²) in [4.78, 5) is 8.40. The number of ether oxygens (including phenoxy) is 2. The van der Waals surface area contributed by atoms with Crippen LogP contribution < -0.4 is 10.5 Å². The number of fused-ring (bicyclic) bond motifs is 1. The van der Waals surface area contributed by atoms with Gasteiger partial charge in [0.1, 0.15) is 12.4 Å². The van der Waals surface area contributed by atoms with Gasteiger partial charge in [0, 0.05) is 7.11 Å². The Morgan fingerprint density at radius 1 is 1.00 bits per heavy atom. The lowest BCUT2D eigenvalue weighted by atomic mass is 10.0. The number of hydrogen-bond acceptors (Lipinski definition) is 6. The van der Waals surface area contributed by atoms with Gasteiger partial charge in [0.05, 0.1) is 17.5 Å². The molecular formula is C17H17N3O3. The normalized spacial score (nSPS) is 10.8. The van der Waals surface area contributed by atoms with Crippen LogP contribution >= 0.6 is 0 Å². The zero-order valence-electron chi connectivity index (χ0n) is 12.7. The van der Waals surface area contributed by atoms with E-state index in [-0.39, 0.29) is 11.7 Å². The highest BCUT2D eigenvalue weighted by Crippen LogP contribution is 2.29. The molecule has 1 aromatic heterocycles. The fourth-order valence-electron chi connectivity index (χ4n) is 2.28. The molecule has 0 aliphatic carbocycles. The van der Waals surface area contributed by atoms with E-state index in [0.29, 0.717) is 24.6 Å². The molecule has 0 fully saturated rings. The number of nitrogens with two attached hydrogens (primary N) is 1. The first kappa shape index (κ1) is 15.1. The molecule has 0 saturated heterocycles. The fraction of sp³-hybridized carbons (Fsp3) is 0.176. The molecule has 6 nitrogen and oxygen atoms in total. The summed E-state index contributed by atoms with van der Waals surface area (Å²) in [5.41, 5.74) is 8.40. The van der Waals surface area contributed by atoms with Gasteiger partial charge in [-0.2, -0.15) is 4.98 Å². The number of rotatable bonds is 5. The minimum Gasteiger partial charge on any atom is -0.508 e. The van der Waals surface area contributed by atoms with E-state index in [1.807, 2.05) is 30.3 Å². The number of aromatic hydroxyl groups is 1. The van der Waals surface area contributed by atoms with Gasteiger partial charge in [0.2, 0.25) is 11.8 Å². The minimum atomic E-state index is 0.169. The number of phenolic OH excluding ortho intramolecular Hbond substituents is 1. The monoisotopic (exact) mass is 311 g/mol. The van der Waals surface area contributed by atoms with E-state index < -0.39 is 0 Å². The molecule has 3 N–H and O–H groups in total. The zero-order chi connectivity index (χ0) is 16.2. The van der Waals surface area contributed by atoms with Crippen LogP contribution in [0.15, 0.2) is 42.5 Å². The molecule has 6 heteroatoms. The third-order valence-corrected chi connectivity index (χ3v) is 3.40. The molecule has 2 aromatic carbocycles. The van der Waals surface area contributed by atoms with Crippen LogP contribution in [0.3, 0.4) is 0 Å². The van der Waals surface area contributed by atoms with Crippen molar-refractivity contribution in [2.24, 2.45) is 0 Å². The lowest BCUT2D eigenvalue weighted by Crippen LogP contribution is -2.07. The SMILES string of the molecule is COCCOc1nc(N)nc2ccc(-c3ccc(O)cc3)cc12. The van der Waals surface area contributed by atoms with Gasteiger partial charge in [-0.25, -0.2) is 4.98 Å². The van der Waals surface area contributed by atoms with E-state index in [1.54, 1.807) is 19.2 Å². The average Bonchev–Trinajstić information content (AvgIpc) is 2.55. The Balaban J connectivity index is 2.04. The summed E-state index contributed by atoms with van der Waals surface area (Å²) >= 11 is 0. The van der Waals surface area contributed by atoms with Gasteiger partial charge in [-0.15, -0.1) is 0 Å². The topological polar surface area (TPSA) is 90.5 Å². The molecule has 118 valence electrons. The quantitative estimate of drug-likeness (QED) is 0.704. The van der Waals surface area contributed by atoms with Crippen LogP contribution in [-0.2, 0) is 4.74 Å². The molecule has 3 aromatic rings. The summed E-state index contributed by atoms with van der Waals surface area (Å²) in [7, 11) is 1.61. The maximum atomic E-state index is 9.40. The Hall–Kier alpha value is -2.86. The average molecular weight is 311 g/mol. The van der Waals surface area contributed by atoms with Gasteiger partial charge in [-0.05, 0) is 35.4 Å². The van der Waals surface area contributed by atoms with Crippen LogP contribution in [0.25, 0.3) is 22.0 Å². The van der Waals surface area contributed by atoms with Crippen molar-refractivity contribution in [1.29, 1.82) is 0 Å². The molecule has 0 amide bonds. The first-order chi connectivity index (χ1) is 11.2. The first-order valence-corrected chi connectivity index (χ1v) is 7.16. The van der Waals surface area contributed by atoms with Crippen molar-refractivity contribution in [3.05, 3.63) is 42.5 Å². The summed E-state index contributed by atoms with van der Waals surface area (Å²) in [5.74, 6) is 0.835. The van der Waals surface area contributed by atoms with E-state index in [1.165, 1.54) is 0 Å². The molecule has 0 saturated carbocycles. The molecule has 0 bridgehead atoms. The second-order valence-electron chi connectivity index (χ2n) is 5.01. The van der Waals surface area contributed by atoms with Gasteiger partial charge >= 0.3 is 0 Å². The zero-order valence-corrected chi connectivity index (χ0v) is 12.7. The van der Waals surface area contributed by atoms with Crippen LogP contribution in [0.5, 0.6) is 11.6 Å². The van der Waals surface area contributed by atoms with Gasteiger partial charge in [0.15, 0.2) is 0 Å². The Kier molecular flexibility index (Phi) is 4.25. The van der Waals surface area contributed by atoms with E-state index in [0.717, 1.165) is 16.5 Å². The second kappa shape index (κ2) is 6.50. The number of nitrogen functional groups attached to an aromatic ring is 1. The van der Waals surface area contributed by atoms with Crippen molar-refractivity contribution in [1.82, 2.24) is 9.97 Å². The van der Waals surface area contributed by atoms with Gasteiger partial charge in [-0.3, -0.25) is 0 Å². The highest BCUT2D eigenvalue weighted by molar-refractivity contribution is 5.89. The second-order valence-corrected chi connectivity index (χ2v) is 5.01. The molecule has 0 unspecified atom stereocenters. The Labute approximate surface area is 133 Å². The molecule has 0 spiro atoms. The van der Waals surface area contributed by atoms with Crippen LogP contribution in [-0.4, -0.2) is 35.4 Å². The lowest BCUT2D eigenvalue weighted by molar-refractivity contribution is 0.144. The standard InChI is InChI=1S/C17H17N3O3/c1-22-8-9-23-16-14-10-12(11-2-5-13(21)6-3-11)4-7-15(14)19-17(18)20-16/h2-7,10,21H,8-9H2,1H3,(H2,18,19,20). The number of phenols is 1. The molecular weight excluding hydrogens is 294 g/mol. The summed E-state index contributed by atoms with van der Waals surface area (Å²) < 4.78 is 10.6. The van der Waals surface area contributed by atoms with Crippen LogP contribution in [0.2, 0.25) is 0 Å². The highest BCUT2D eigenvalue weighted by Gasteiger charge is 2.09. The van der Waals surface area contributed by atoms with Crippen molar-refractivity contribution in [2.75, 3.05) is 26.1 Å². The number of hydrogen-bond donors (Lipinski definition) is 2. The molecule has 3 rings (SSSR count). The largest absolute Gasteiger partial charge is 0.508 e. The Bertz CT molecular complexity index is 819. The number of nitrogens with zero attached hydrogens (tertiary/aromatic N) is 2. The third-order valence-electron chi connectivity index (χ3n) is 3.40. The molecule has 23 heavy (non-hydrogen) atoms. The summed E-state index contributed by atoms with van der Waals surface area (Å²) in [6.45, 7) is 0.842. The maximum Gasteiger partial charge on any atom is 0.226 e. The molecule has 1 heterocycles. The number of anilines is 1. The minimum absolute atomic E-state index is 0.169. The molecule has 0 radical (unpaired) electrons. The molecule has 0 aliphatic heterocycles. The molecule has 0 aliphatic rings. The first-order valence-electron chi connectivity index (χ1n) is 7.16. The number of benzene rings is 2. The van der Waals surface area contributed by atoms with Crippen LogP contribution in [0, 0.1) is 0 Å². The number of methoxy groups -OCH3 is 1. The van der Waals surface area contributed by atoms with Crippen molar-refractivity contribution < 1.29 is 14.6 Å². The van der Waals surface area contributed by atoms with Crippen LogP contribution in [0.4, 0.5) is 5.95 Å². The maximum absolute atomic E-state index is 9.40. The smallest absolute Gasteiger partial charge is 0.226 e. The summed E-state index contributed by atoms with van der Waals surface area (Å²) in [5, 5.41) is 10.2. The van der Waals surface area contributed by atoms with Crippen LogP contribution in [0.1, 0.15) is 0 Å². The van der Waals surface area contributed by atoms with E-state index in [4.69, 9.17) is 15.2 Å². The van der Waals surface area contributed by atoms with Crippen molar-refractivity contribution in [2.45, 2.75) is 0 Å². The van der Waals surface area contributed by atoms with E-state index >= 15 is 0 Å². The summed E-state index contributed by atoms with van der Waals surface area (Å²) in [6, 6.07) is 12.8. The lowest BCUT2D eigenvalue weighted by Gasteiger charge is -2.10. The van der Waals surface area contributed by atoms with Gasteiger partial charge in [0.25, 0.3) is 0 Å². The van der Waals surface area contributed by atoms with E-state index in [9.17, 15) is 5.11 Å². The van der Waals surface area contributed by atoms with Crippen molar-refractivity contribution in [3.8, 4) is 22.8 Å². The Morgan fingerprint density at radius 2 is 1.74 bits per heavy atom. The van der Waals surface area contributed by atoms with Gasteiger partial charge in [-0.1, -0.05) is 18.2 Å². The van der Waals surface area contributed by atoms with E-state index in [2.05, 4.69) is 9.97 Å². The van der Waals surface area contributed by atoms with Crippen molar-refractivity contribution in [3.63, 3.8) is 0 Å². The Morgan fingerprint density at radius 3 is 2.48 bits per heavy atom. The predicted octanol–water partition coefficient (Wildman–Crippen LogP) is 2.61.